The summed E-state index contributed by atoms with van der Waals surface area (Å²) in [6, 6.07) is 35.2. The van der Waals surface area contributed by atoms with Gasteiger partial charge in [-0.15, -0.1) is 0 Å². The molecule has 0 spiro atoms. The first-order valence-electron chi connectivity index (χ1n) is 20.6. The van der Waals surface area contributed by atoms with E-state index in [0.29, 0.717) is 29.9 Å². The van der Waals surface area contributed by atoms with Crippen LogP contribution in [-0.4, -0.2) is 64.8 Å². The first-order valence-corrected chi connectivity index (χ1v) is 20.6. The van der Waals surface area contributed by atoms with E-state index in [9.17, 15) is 9.59 Å². The molecule has 2 N–H and O–H groups in total. The number of nitrogens with zero attached hydrogens (tertiary/aromatic N) is 6. The van der Waals surface area contributed by atoms with Crippen molar-refractivity contribution in [3.63, 3.8) is 0 Å². The van der Waals surface area contributed by atoms with Crippen molar-refractivity contribution in [1.82, 2.24) is 39.8 Å². The number of rotatable bonds is 9. The van der Waals surface area contributed by atoms with Gasteiger partial charge in [-0.25, -0.2) is 9.97 Å². The Hall–Kier alpha value is -8.57. The van der Waals surface area contributed by atoms with Crippen LogP contribution in [0.1, 0.15) is 49.9 Å². The molecule has 2 amide bonds. The summed E-state index contributed by atoms with van der Waals surface area (Å²) in [6.45, 7) is 0.604. The van der Waals surface area contributed by atoms with Gasteiger partial charge in [0.1, 0.15) is 5.75 Å². The van der Waals surface area contributed by atoms with Crippen LogP contribution in [0, 0.1) is 0 Å². The van der Waals surface area contributed by atoms with E-state index in [2.05, 4.69) is 73.5 Å². The average Bonchev–Trinajstić information content (AvgIpc) is 4.20. The highest BCUT2D eigenvalue weighted by atomic mass is 16.5. The Morgan fingerprint density at radius 3 is 1.19 bits per heavy atom. The summed E-state index contributed by atoms with van der Waals surface area (Å²) in [7, 11) is 0. The maximum atomic E-state index is 12.9. The highest BCUT2D eigenvalue weighted by molar-refractivity contribution is 6.21. The molecule has 11 heteroatoms. The second kappa shape index (κ2) is 15.8. The molecule has 3 aliphatic rings. The number of imide groups is 1. The largest absolute Gasteiger partial charge is 0.494 e. The SMILES string of the molecule is O=C1c2ccccc2C(=O)N1CCCOc1ccc(-c2c3nc(c(-c4ccncc4)c4ccc([nH]4)c(-c4ccncc4)c4nc(c(-c5ccncc5)c5ccc2[nH]5)C=C4)C=C3)cc1. The standard InChI is InChI=1S/C52H36N8O3/c61-51-37-4-1-2-5-38(37)52(62)60(51)30-3-31-63-36-8-6-32(7-9-36)47-39-10-12-41(56-39)48(33-18-24-53-25-19-33)43-14-16-45(58-43)50(35-22-28-55-29-23-35)46-17-15-44(59-46)49(34-20-26-54-27-21-34)42-13-11-40(47)57-42/h1-2,4-29,56,59H,3,30-31H2. The lowest BCUT2D eigenvalue weighted by atomic mass is 10.0. The number of H-pyrrole nitrogens is 2. The summed E-state index contributed by atoms with van der Waals surface area (Å²) < 4.78 is 6.15. The molecule has 302 valence electrons. The number of aromatic nitrogens is 7. The molecule has 0 aliphatic carbocycles. The number of pyridine rings is 3. The highest BCUT2D eigenvalue weighted by Gasteiger charge is 2.34. The van der Waals surface area contributed by atoms with Crippen LogP contribution in [0.25, 0.3) is 90.9 Å². The van der Waals surface area contributed by atoms with Crippen molar-refractivity contribution in [1.29, 1.82) is 0 Å². The Kier molecular flexibility index (Phi) is 9.38. The molecule has 0 fully saturated rings. The summed E-state index contributed by atoms with van der Waals surface area (Å²) in [5, 5.41) is 0. The van der Waals surface area contributed by atoms with Crippen LogP contribution in [0.15, 0.2) is 146 Å². The zero-order chi connectivity index (χ0) is 42.3. The van der Waals surface area contributed by atoms with Crippen molar-refractivity contribution >= 4 is 58.2 Å². The van der Waals surface area contributed by atoms with Gasteiger partial charge in [0.25, 0.3) is 11.8 Å². The number of carbonyl (C=O) groups is 2. The number of benzene rings is 2. The predicted octanol–water partition coefficient (Wildman–Crippen LogP) is 10.6. The molecule has 0 radical (unpaired) electrons. The van der Waals surface area contributed by atoms with Crippen LogP contribution in [0.5, 0.6) is 5.75 Å². The van der Waals surface area contributed by atoms with Gasteiger partial charge in [0.15, 0.2) is 0 Å². The average molecular weight is 821 g/mol. The van der Waals surface area contributed by atoms with Gasteiger partial charge in [0, 0.05) is 88.0 Å². The van der Waals surface area contributed by atoms with Crippen molar-refractivity contribution in [3.05, 3.63) is 180 Å². The Morgan fingerprint density at radius 1 is 0.444 bits per heavy atom. The van der Waals surface area contributed by atoms with Crippen LogP contribution in [0.4, 0.5) is 0 Å². The first-order chi connectivity index (χ1) is 31.1. The van der Waals surface area contributed by atoms with Crippen LogP contribution in [0.3, 0.4) is 0 Å². The summed E-state index contributed by atoms with van der Waals surface area (Å²) in [4.78, 5) is 58.2. The zero-order valence-corrected chi connectivity index (χ0v) is 33.7. The lowest BCUT2D eigenvalue weighted by Crippen LogP contribution is -2.31. The van der Waals surface area contributed by atoms with E-state index in [-0.39, 0.29) is 18.4 Å². The Morgan fingerprint density at radius 2 is 0.810 bits per heavy atom. The third kappa shape index (κ3) is 6.87. The van der Waals surface area contributed by atoms with Gasteiger partial charge in [-0.3, -0.25) is 29.4 Å². The molecule has 2 aromatic carbocycles. The molecular formula is C52H36N8O3. The lowest BCUT2D eigenvalue weighted by molar-refractivity contribution is 0.0646. The van der Waals surface area contributed by atoms with E-state index in [0.717, 1.165) is 89.4 Å². The molecule has 8 bridgehead atoms. The van der Waals surface area contributed by atoms with Gasteiger partial charge in [0.2, 0.25) is 0 Å². The number of hydrogen-bond donors (Lipinski definition) is 2. The normalized spacial score (nSPS) is 12.9. The molecular weight excluding hydrogens is 785 g/mol. The van der Waals surface area contributed by atoms with Crippen LogP contribution < -0.4 is 4.74 Å². The highest BCUT2D eigenvalue weighted by Crippen LogP contribution is 2.38. The van der Waals surface area contributed by atoms with Crippen LogP contribution >= 0.6 is 0 Å². The minimum absolute atomic E-state index is 0.263. The van der Waals surface area contributed by atoms with Gasteiger partial charge in [-0.05, 0) is 138 Å². The minimum atomic E-state index is -0.263. The third-order valence-electron chi connectivity index (χ3n) is 11.5. The maximum absolute atomic E-state index is 12.9. The number of nitrogens with one attached hydrogen (secondary N) is 2. The van der Waals surface area contributed by atoms with Crippen LogP contribution in [0.2, 0.25) is 0 Å². The Labute approximate surface area is 361 Å². The molecule has 3 aliphatic heterocycles. The molecule has 6 aromatic heterocycles. The number of fused-ring (bicyclic) bond motifs is 9. The molecule has 0 saturated carbocycles. The number of carbonyl (C=O) groups excluding carboxylic acids is 2. The summed E-state index contributed by atoms with van der Waals surface area (Å²) in [5.41, 5.74) is 15.2. The van der Waals surface area contributed by atoms with Crippen molar-refractivity contribution in [2.24, 2.45) is 0 Å². The minimum Gasteiger partial charge on any atom is -0.494 e. The molecule has 0 unspecified atom stereocenters. The monoisotopic (exact) mass is 820 g/mol. The number of hydrogen-bond acceptors (Lipinski definition) is 8. The molecule has 11 rings (SSSR count). The molecule has 63 heavy (non-hydrogen) atoms. The number of ether oxygens (including phenoxy) is 1. The van der Waals surface area contributed by atoms with E-state index in [4.69, 9.17) is 14.7 Å². The van der Waals surface area contributed by atoms with E-state index in [1.807, 2.05) is 60.7 Å². The van der Waals surface area contributed by atoms with Crippen molar-refractivity contribution < 1.29 is 14.3 Å². The van der Waals surface area contributed by atoms with Crippen molar-refractivity contribution in [2.75, 3.05) is 13.2 Å². The number of amides is 2. The summed E-state index contributed by atoms with van der Waals surface area (Å²) in [5.74, 6) is 0.144. The summed E-state index contributed by atoms with van der Waals surface area (Å²) >= 11 is 0. The van der Waals surface area contributed by atoms with Gasteiger partial charge in [0.05, 0.1) is 40.5 Å². The maximum Gasteiger partial charge on any atom is 0.261 e. The van der Waals surface area contributed by atoms with Gasteiger partial charge < -0.3 is 14.7 Å². The predicted molar refractivity (Wildman–Crippen MR) is 246 cm³/mol. The molecule has 0 saturated heterocycles. The van der Waals surface area contributed by atoms with Gasteiger partial charge in [-0.1, -0.05) is 24.3 Å². The smallest absolute Gasteiger partial charge is 0.261 e. The Bertz CT molecular complexity index is 3250. The van der Waals surface area contributed by atoms with Crippen molar-refractivity contribution in [3.8, 4) is 50.3 Å². The molecule has 9 heterocycles. The van der Waals surface area contributed by atoms with Gasteiger partial charge in [-0.2, -0.15) is 0 Å². The van der Waals surface area contributed by atoms with E-state index >= 15 is 0 Å². The fourth-order valence-corrected chi connectivity index (χ4v) is 8.55. The molecule has 0 atom stereocenters. The first kappa shape index (κ1) is 37.4. The van der Waals surface area contributed by atoms with E-state index < -0.39 is 0 Å². The zero-order valence-electron chi connectivity index (χ0n) is 33.7. The fourth-order valence-electron chi connectivity index (χ4n) is 8.55. The second-order valence-electron chi connectivity index (χ2n) is 15.2. The van der Waals surface area contributed by atoms with E-state index in [1.54, 1.807) is 61.4 Å². The van der Waals surface area contributed by atoms with Gasteiger partial charge >= 0.3 is 0 Å². The topological polar surface area (TPSA) is 143 Å². The third-order valence-corrected chi connectivity index (χ3v) is 11.5. The van der Waals surface area contributed by atoms with E-state index in [1.165, 1.54) is 4.90 Å². The second-order valence-corrected chi connectivity index (χ2v) is 15.2. The molecule has 11 nitrogen and oxygen atoms in total. The molecule has 8 aromatic rings. The number of aromatic amines is 2. The Balaban J connectivity index is 1.05. The van der Waals surface area contributed by atoms with Crippen LogP contribution in [-0.2, 0) is 0 Å². The quantitative estimate of drug-likeness (QED) is 0.108. The fraction of sp³-hybridized carbons (Fsp3) is 0.0577. The summed E-state index contributed by atoms with van der Waals surface area (Å²) in [6.07, 6.45) is 19.5. The van der Waals surface area contributed by atoms with Crippen molar-refractivity contribution in [2.45, 2.75) is 6.42 Å². The lowest BCUT2D eigenvalue weighted by Gasteiger charge is -2.14.